The van der Waals surface area contributed by atoms with E-state index in [1.807, 2.05) is 48.2 Å². The SMILES string of the molecule is COc1cc(Nc2ccnc3[nH]c(C4=CCN(C(=O)CN(C)C)CC4)cc23)cc(OC)c1. The first kappa shape index (κ1) is 21.7. The van der Waals surface area contributed by atoms with Crippen molar-refractivity contribution in [1.29, 1.82) is 0 Å². The highest BCUT2D eigenvalue weighted by Gasteiger charge is 2.19. The Morgan fingerprint density at radius 3 is 2.56 bits per heavy atom. The molecule has 1 aliphatic rings. The summed E-state index contributed by atoms with van der Waals surface area (Å²) in [6.45, 7) is 1.78. The maximum atomic E-state index is 12.3. The number of rotatable bonds is 7. The molecule has 3 aromatic rings. The van der Waals surface area contributed by atoms with Crippen LogP contribution < -0.4 is 14.8 Å². The van der Waals surface area contributed by atoms with E-state index >= 15 is 0 Å². The zero-order valence-corrected chi connectivity index (χ0v) is 18.9. The van der Waals surface area contributed by atoms with Crippen LogP contribution in [0.25, 0.3) is 16.6 Å². The number of fused-ring (bicyclic) bond motifs is 1. The highest BCUT2D eigenvalue weighted by molar-refractivity contribution is 5.94. The first-order chi connectivity index (χ1) is 15.5. The summed E-state index contributed by atoms with van der Waals surface area (Å²) in [5, 5.41) is 4.45. The Balaban J connectivity index is 1.57. The summed E-state index contributed by atoms with van der Waals surface area (Å²) in [6, 6.07) is 9.74. The molecule has 0 saturated heterocycles. The van der Waals surface area contributed by atoms with Crippen LogP contribution in [0.4, 0.5) is 11.4 Å². The normalized spacial score (nSPS) is 13.9. The third-order valence-corrected chi connectivity index (χ3v) is 5.52. The number of aromatic nitrogens is 2. The van der Waals surface area contributed by atoms with Crippen molar-refractivity contribution < 1.29 is 14.3 Å². The van der Waals surface area contributed by atoms with Crippen LogP contribution in [0.1, 0.15) is 12.1 Å². The van der Waals surface area contributed by atoms with Gasteiger partial charge in [-0.1, -0.05) is 6.08 Å². The molecule has 4 rings (SSSR count). The monoisotopic (exact) mass is 435 g/mol. The average molecular weight is 436 g/mol. The molecule has 0 aliphatic carbocycles. The number of H-pyrrole nitrogens is 1. The summed E-state index contributed by atoms with van der Waals surface area (Å²) in [4.78, 5) is 24.0. The summed E-state index contributed by atoms with van der Waals surface area (Å²) in [5.41, 5.74) is 4.85. The van der Waals surface area contributed by atoms with E-state index in [4.69, 9.17) is 9.47 Å². The quantitative estimate of drug-likeness (QED) is 0.591. The van der Waals surface area contributed by atoms with Crippen molar-refractivity contribution in [2.45, 2.75) is 6.42 Å². The van der Waals surface area contributed by atoms with E-state index in [0.717, 1.165) is 41.1 Å². The van der Waals surface area contributed by atoms with Crippen LogP contribution in [0.2, 0.25) is 0 Å². The molecule has 0 fully saturated rings. The van der Waals surface area contributed by atoms with Gasteiger partial charge in [-0.15, -0.1) is 0 Å². The van der Waals surface area contributed by atoms with Gasteiger partial charge in [-0.05, 0) is 38.2 Å². The van der Waals surface area contributed by atoms with Crippen molar-refractivity contribution in [2.75, 3.05) is 53.3 Å². The number of ether oxygens (including phenoxy) is 2. The molecule has 0 atom stereocenters. The van der Waals surface area contributed by atoms with Gasteiger partial charge in [0.15, 0.2) is 0 Å². The molecule has 0 bridgehead atoms. The molecule has 1 aromatic carbocycles. The van der Waals surface area contributed by atoms with Crippen LogP contribution in [0.15, 0.2) is 42.6 Å². The summed E-state index contributed by atoms with van der Waals surface area (Å²) in [6.07, 6.45) is 4.71. The van der Waals surface area contributed by atoms with Gasteiger partial charge in [0, 0.05) is 54.3 Å². The second-order valence-corrected chi connectivity index (χ2v) is 8.09. The molecule has 0 radical (unpaired) electrons. The van der Waals surface area contributed by atoms with Gasteiger partial charge in [0.05, 0.1) is 26.5 Å². The summed E-state index contributed by atoms with van der Waals surface area (Å²) in [5.74, 6) is 1.59. The van der Waals surface area contributed by atoms with E-state index in [-0.39, 0.29) is 5.91 Å². The molecule has 0 spiro atoms. The number of benzene rings is 1. The Morgan fingerprint density at radius 1 is 1.19 bits per heavy atom. The molecule has 8 nitrogen and oxygen atoms in total. The highest BCUT2D eigenvalue weighted by Crippen LogP contribution is 2.32. The van der Waals surface area contributed by atoms with Crippen LogP contribution in [0, 0.1) is 0 Å². The van der Waals surface area contributed by atoms with Gasteiger partial charge in [0.2, 0.25) is 5.91 Å². The lowest BCUT2D eigenvalue weighted by Gasteiger charge is -2.27. The van der Waals surface area contributed by atoms with E-state index in [0.29, 0.717) is 24.6 Å². The van der Waals surface area contributed by atoms with Gasteiger partial charge in [-0.25, -0.2) is 4.98 Å². The summed E-state index contributed by atoms with van der Waals surface area (Å²) < 4.78 is 10.8. The molecule has 168 valence electrons. The largest absolute Gasteiger partial charge is 0.497 e. The van der Waals surface area contributed by atoms with Gasteiger partial charge in [0.1, 0.15) is 17.1 Å². The first-order valence-electron chi connectivity index (χ1n) is 10.6. The van der Waals surface area contributed by atoms with Crippen LogP contribution in [-0.2, 0) is 4.79 Å². The fourth-order valence-electron chi connectivity index (χ4n) is 3.85. The topological polar surface area (TPSA) is 82.7 Å². The van der Waals surface area contributed by atoms with Gasteiger partial charge in [-0.2, -0.15) is 0 Å². The average Bonchev–Trinajstić information content (AvgIpc) is 3.24. The third-order valence-electron chi connectivity index (χ3n) is 5.52. The second kappa shape index (κ2) is 9.32. The maximum absolute atomic E-state index is 12.3. The number of hydrogen-bond donors (Lipinski definition) is 2. The van der Waals surface area contributed by atoms with Crippen molar-refractivity contribution in [1.82, 2.24) is 19.8 Å². The Bertz CT molecular complexity index is 1130. The number of amides is 1. The molecule has 1 amide bonds. The zero-order valence-electron chi connectivity index (χ0n) is 18.9. The number of pyridine rings is 1. The number of nitrogens with one attached hydrogen (secondary N) is 2. The van der Waals surface area contributed by atoms with Gasteiger partial charge in [0.25, 0.3) is 0 Å². The number of carbonyl (C=O) groups is 1. The fraction of sp³-hybridized carbons (Fsp3) is 0.333. The van der Waals surface area contributed by atoms with Crippen LogP contribution in [-0.4, -0.2) is 73.6 Å². The van der Waals surface area contributed by atoms with Gasteiger partial charge in [-0.3, -0.25) is 4.79 Å². The van der Waals surface area contributed by atoms with E-state index in [2.05, 4.69) is 27.4 Å². The minimum absolute atomic E-state index is 0.156. The lowest BCUT2D eigenvalue weighted by atomic mass is 10.0. The molecule has 0 saturated carbocycles. The van der Waals surface area contributed by atoms with Crippen molar-refractivity contribution in [3.8, 4) is 11.5 Å². The third kappa shape index (κ3) is 4.70. The second-order valence-electron chi connectivity index (χ2n) is 8.09. The molecule has 0 unspecified atom stereocenters. The van der Waals surface area contributed by atoms with Crippen molar-refractivity contribution in [3.63, 3.8) is 0 Å². The van der Waals surface area contributed by atoms with Crippen molar-refractivity contribution in [3.05, 3.63) is 48.3 Å². The Hall–Kier alpha value is -3.52. The van der Waals surface area contributed by atoms with Crippen LogP contribution in [0.3, 0.4) is 0 Å². The Labute approximate surface area is 187 Å². The van der Waals surface area contributed by atoms with Gasteiger partial charge < -0.3 is 29.6 Å². The minimum Gasteiger partial charge on any atom is -0.497 e. The number of hydrogen-bond acceptors (Lipinski definition) is 6. The van der Waals surface area contributed by atoms with E-state index < -0.39 is 0 Å². The predicted molar refractivity (Wildman–Crippen MR) is 127 cm³/mol. The highest BCUT2D eigenvalue weighted by atomic mass is 16.5. The molecular formula is C24H29N5O3. The molecule has 2 aromatic heterocycles. The minimum atomic E-state index is 0.156. The molecule has 1 aliphatic heterocycles. The Morgan fingerprint density at radius 2 is 1.94 bits per heavy atom. The molecule has 32 heavy (non-hydrogen) atoms. The lowest BCUT2D eigenvalue weighted by Crippen LogP contribution is -2.40. The fourth-order valence-corrected chi connectivity index (χ4v) is 3.85. The maximum Gasteiger partial charge on any atom is 0.237 e. The summed E-state index contributed by atoms with van der Waals surface area (Å²) >= 11 is 0. The molecular weight excluding hydrogens is 406 g/mol. The number of nitrogens with zero attached hydrogens (tertiary/aromatic N) is 3. The number of carbonyl (C=O) groups excluding carboxylic acids is 1. The Kier molecular flexibility index (Phi) is 6.32. The molecule has 8 heteroatoms. The summed E-state index contributed by atoms with van der Waals surface area (Å²) in [7, 11) is 7.09. The number of likely N-dealkylation sites (N-methyl/N-ethyl adjacent to an activating group) is 1. The smallest absolute Gasteiger partial charge is 0.237 e. The molecule has 3 heterocycles. The number of aromatic amines is 1. The predicted octanol–water partition coefficient (Wildman–Crippen LogP) is 3.50. The van der Waals surface area contributed by atoms with E-state index in [1.165, 1.54) is 5.57 Å². The molecule has 2 N–H and O–H groups in total. The van der Waals surface area contributed by atoms with Gasteiger partial charge >= 0.3 is 0 Å². The number of methoxy groups -OCH3 is 2. The van der Waals surface area contributed by atoms with E-state index in [9.17, 15) is 4.79 Å². The van der Waals surface area contributed by atoms with Crippen molar-refractivity contribution >= 4 is 33.9 Å². The van der Waals surface area contributed by atoms with Crippen LogP contribution >= 0.6 is 0 Å². The standard InChI is InChI=1S/C24H29N5O3/c1-28(2)15-23(30)29-9-6-16(7-10-29)22-14-20-21(5-8-25-24(20)27-22)26-17-11-18(31-3)13-19(12-17)32-4/h5-6,8,11-14H,7,9-10,15H2,1-4H3,(H2,25,26,27). The number of anilines is 2. The first-order valence-corrected chi connectivity index (χ1v) is 10.6. The van der Waals surface area contributed by atoms with Crippen molar-refractivity contribution in [2.24, 2.45) is 0 Å². The van der Waals surface area contributed by atoms with Crippen LogP contribution in [0.5, 0.6) is 11.5 Å². The lowest BCUT2D eigenvalue weighted by molar-refractivity contribution is -0.131. The zero-order chi connectivity index (χ0) is 22.7. The van der Waals surface area contributed by atoms with E-state index in [1.54, 1.807) is 20.4 Å².